The fraction of sp³-hybridized carbons (Fsp3) is 0.150. The molecule has 1 aliphatic heterocycles. The number of primary sulfonamides is 1. The van der Waals surface area contributed by atoms with Gasteiger partial charge in [-0.05, 0) is 67.0 Å². The standard InChI is InChI=1S/C20H19ClN2O4S/c1-12-7-17(28(22,25)26)10-18(13(12)2)23-20(24)6-3-14-8-15-9-16(21)4-5-19(15)27-11-14/h3-10H,11H2,1-2H3,(H,23,24)(H2,22,25,26)/b6-3+. The van der Waals surface area contributed by atoms with Crippen LogP contribution in [0.5, 0.6) is 5.75 Å². The van der Waals surface area contributed by atoms with Crippen molar-refractivity contribution in [2.24, 2.45) is 5.14 Å². The number of hydrogen-bond donors (Lipinski definition) is 2. The number of fused-ring (bicyclic) bond motifs is 1. The zero-order chi connectivity index (χ0) is 20.5. The summed E-state index contributed by atoms with van der Waals surface area (Å²) in [5.41, 5.74) is 3.51. The van der Waals surface area contributed by atoms with Gasteiger partial charge < -0.3 is 10.1 Å². The van der Waals surface area contributed by atoms with Gasteiger partial charge in [-0.3, -0.25) is 4.79 Å². The highest BCUT2D eigenvalue weighted by molar-refractivity contribution is 7.89. The van der Waals surface area contributed by atoms with Crippen LogP contribution < -0.4 is 15.2 Å². The minimum atomic E-state index is -3.87. The highest BCUT2D eigenvalue weighted by Gasteiger charge is 2.14. The van der Waals surface area contributed by atoms with Crippen molar-refractivity contribution in [1.29, 1.82) is 0 Å². The molecule has 0 radical (unpaired) electrons. The molecule has 3 N–H and O–H groups in total. The Morgan fingerprint density at radius 2 is 2.00 bits per heavy atom. The summed E-state index contributed by atoms with van der Waals surface area (Å²) in [6.45, 7) is 3.87. The van der Waals surface area contributed by atoms with Crippen molar-refractivity contribution in [3.05, 3.63) is 69.8 Å². The third-order valence-electron chi connectivity index (χ3n) is 4.38. The number of nitrogens with one attached hydrogen (secondary N) is 1. The number of aryl methyl sites for hydroxylation is 1. The topological polar surface area (TPSA) is 98.5 Å². The first kappa shape index (κ1) is 20.1. The number of hydrogen-bond acceptors (Lipinski definition) is 4. The molecular formula is C20H19ClN2O4S. The molecule has 1 aliphatic rings. The number of amides is 1. The maximum Gasteiger partial charge on any atom is 0.248 e. The van der Waals surface area contributed by atoms with E-state index in [2.05, 4.69) is 5.32 Å². The molecule has 2 aromatic carbocycles. The lowest BCUT2D eigenvalue weighted by Gasteiger charge is -2.16. The van der Waals surface area contributed by atoms with Crippen LogP contribution in [0.4, 0.5) is 5.69 Å². The summed E-state index contributed by atoms with van der Waals surface area (Å²) in [6, 6.07) is 8.16. The van der Waals surface area contributed by atoms with Gasteiger partial charge in [0.1, 0.15) is 12.4 Å². The maximum absolute atomic E-state index is 12.3. The zero-order valence-electron chi connectivity index (χ0n) is 15.3. The van der Waals surface area contributed by atoms with Gasteiger partial charge in [0.25, 0.3) is 0 Å². The van der Waals surface area contributed by atoms with Crippen molar-refractivity contribution in [2.75, 3.05) is 11.9 Å². The van der Waals surface area contributed by atoms with Crippen molar-refractivity contribution < 1.29 is 17.9 Å². The largest absolute Gasteiger partial charge is 0.488 e. The van der Waals surface area contributed by atoms with Crippen LogP contribution in [0.1, 0.15) is 16.7 Å². The molecule has 3 rings (SSSR count). The van der Waals surface area contributed by atoms with Crippen molar-refractivity contribution in [3.63, 3.8) is 0 Å². The maximum atomic E-state index is 12.3. The number of anilines is 1. The number of nitrogens with two attached hydrogens (primary N) is 1. The molecule has 0 aromatic heterocycles. The molecule has 0 saturated heterocycles. The number of sulfonamides is 1. The normalized spacial score (nSPS) is 13.6. The van der Waals surface area contributed by atoms with Crippen LogP contribution in [0, 0.1) is 13.8 Å². The predicted octanol–water partition coefficient (Wildman–Crippen LogP) is 3.57. The second-order valence-electron chi connectivity index (χ2n) is 6.47. The Morgan fingerprint density at radius 3 is 2.71 bits per heavy atom. The van der Waals surface area contributed by atoms with Crippen LogP contribution in [-0.2, 0) is 14.8 Å². The molecule has 6 nitrogen and oxygen atoms in total. The van der Waals surface area contributed by atoms with Gasteiger partial charge in [-0.15, -0.1) is 0 Å². The third-order valence-corrected chi connectivity index (χ3v) is 5.51. The SMILES string of the molecule is Cc1cc(S(N)(=O)=O)cc(NC(=O)/C=C/C2=Cc3cc(Cl)ccc3OC2)c1C. The first-order valence-corrected chi connectivity index (χ1v) is 10.3. The van der Waals surface area contributed by atoms with Gasteiger partial charge in [0.05, 0.1) is 4.90 Å². The van der Waals surface area contributed by atoms with Gasteiger partial charge in [0.2, 0.25) is 15.9 Å². The summed E-state index contributed by atoms with van der Waals surface area (Å²) in [5.74, 6) is 0.337. The Hall–Kier alpha value is -2.61. The lowest BCUT2D eigenvalue weighted by atomic mass is 10.1. The number of benzene rings is 2. The van der Waals surface area contributed by atoms with Crippen LogP contribution in [-0.4, -0.2) is 20.9 Å². The summed E-state index contributed by atoms with van der Waals surface area (Å²) in [7, 11) is -3.87. The molecule has 0 bridgehead atoms. The van der Waals surface area contributed by atoms with E-state index in [9.17, 15) is 13.2 Å². The monoisotopic (exact) mass is 418 g/mol. The summed E-state index contributed by atoms with van der Waals surface area (Å²) < 4.78 is 28.9. The summed E-state index contributed by atoms with van der Waals surface area (Å²) in [5, 5.41) is 8.49. The average Bonchev–Trinajstić information content (AvgIpc) is 2.62. The number of rotatable bonds is 4. The minimum absolute atomic E-state index is 0.0493. The lowest BCUT2D eigenvalue weighted by molar-refractivity contribution is -0.111. The Kier molecular flexibility index (Phi) is 5.60. The average molecular weight is 419 g/mol. The van der Waals surface area contributed by atoms with E-state index in [0.717, 1.165) is 22.4 Å². The van der Waals surface area contributed by atoms with E-state index in [-0.39, 0.29) is 4.90 Å². The van der Waals surface area contributed by atoms with Crippen molar-refractivity contribution in [3.8, 4) is 5.75 Å². The highest BCUT2D eigenvalue weighted by Crippen LogP contribution is 2.29. The number of carbonyl (C=O) groups is 1. The lowest BCUT2D eigenvalue weighted by Crippen LogP contribution is -2.15. The Morgan fingerprint density at radius 1 is 1.25 bits per heavy atom. The van der Waals surface area contributed by atoms with Gasteiger partial charge in [-0.25, -0.2) is 13.6 Å². The first-order valence-electron chi connectivity index (χ1n) is 8.39. The van der Waals surface area contributed by atoms with Gasteiger partial charge in [-0.1, -0.05) is 17.7 Å². The third kappa shape index (κ3) is 4.62. The fourth-order valence-corrected chi connectivity index (χ4v) is 3.54. The van der Waals surface area contributed by atoms with Crippen LogP contribution in [0.2, 0.25) is 5.02 Å². The molecule has 1 amide bonds. The van der Waals surface area contributed by atoms with E-state index in [1.165, 1.54) is 18.2 Å². The molecule has 28 heavy (non-hydrogen) atoms. The van der Waals surface area contributed by atoms with Crippen LogP contribution >= 0.6 is 11.6 Å². The van der Waals surface area contributed by atoms with Gasteiger partial charge in [0.15, 0.2) is 0 Å². The van der Waals surface area contributed by atoms with Crippen LogP contribution in [0.15, 0.2) is 53.0 Å². The van der Waals surface area contributed by atoms with Gasteiger partial charge >= 0.3 is 0 Å². The van der Waals surface area contributed by atoms with Crippen LogP contribution in [0.3, 0.4) is 0 Å². The first-order chi connectivity index (χ1) is 13.1. The highest BCUT2D eigenvalue weighted by atomic mass is 35.5. The van der Waals surface area contributed by atoms with Gasteiger partial charge in [0, 0.05) is 22.3 Å². The number of carbonyl (C=O) groups excluding carboxylic acids is 1. The molecule has 2 aromatic rings. The number of ether oxygens (including phenoxy) is 1. The second-order valence-corrected chi connectivity index (χ2v) is 8.47. The second kappa shape index (κ2) is 7.79. The Labute approximate surface area is 168 Å². The van der Waals surface area contributed by atoms with Gasteiger partial charge in [-0.2, -0.15) is 0 Å². The molecule has 0 aliphatic carbocycles. The van der Waals surface area contributed by atoms with E-state index in [1.807, 2.05) is 6.08 Å². The summed E-state index contributed by atoms with van der Waals surface area (Å²) in [6.07, 6.45) is 4.90. The van der Waals surface area contributed by atoms with Crippen molar-refractivity contribution in [2.45, 2.75) is 18.7 Å². The van der Waals surface area contributed by atoms with E-state index in [4.69, 9.17) is 21.5 Å². The molecular weight excluding hydrogens is 400 g/mol. The fourth-order valence-electron chi connectivity index (χ4n) is 2.74. The van der Waals surface area contributed by atoms with Crippen LogP contribution in [0.25, 0.3) is 6.08 Å². The zero-order valence-corrected chi connectivity index (χ0v) is 16.9. The van der Waals surface area contributed by atoms with E-state index in [1.54, 1.807) is 38.1 Å². The molecule has 1 heterocycles. The molecule has 0 spiro atoms. The Balaban J connectivity index is 1.79. The summed E-state index contributed by atoms with van der Waals surface area (Å²) in [4.78, 5) is 12.3. The molecule has 8 heteroatoms. The quantitative estimate of drug-likeness (QED) is 0.741. The molecule has 146 valence electrons. The molecule has 0 fully saturated rings. The molecule has 0 saturated carbocycles. The predicted molar refractivity (Wildman–Crippen MR) is 110 cm³/mol. The number of halogens is 1. The van der Waals surface area contributed by atoms with E-state index in [0.29, 0.717) is 22.9 Å². The molecule has 0 atom stereocenters. The van der Waals surface area contributed by atoms with Crippen molar-refractivity contribution >= 4 is 39.3 Å². The van der Waals surface area contributed by atoms with E-state index >= 15 is 0 Å². The summed E-state index contributed by atoms with van der Waals surface area (Å²) >= 11 is 6.00. The van der Waals surface area contributed by atoms with E-state index < -0.39 is 15.9 Å². The Bertz CT molecular complexity index is 1120. The molecule has 0 unspecified atom stereocenters. The smallest absolute Gasteiger partial charge is 0.248 e. The van der Waals surface area contributed by atoms with Crippen molar-refractivity contribution in [1.82, 2.24) is 0 Å². The minimum Gasteiger partial charge on any atom is -0.488 e.